The van der Waals surface area contributed by atoms with Gasteiger partial charge in [0.2, 0.25) is 5.91 Å². The Morgan fingerprint density at radius 2 is 2.38 bits per heavy atom. The Hall–Kier alpha value is -0.0500. The quantitative estimate of drug-likeness (QED) is 0.628. The fourth-order valence-corrected chi connectivity index (χ4v) is 0.477. The monoisotopic (exact) mass is 179 g/mol. The van der Waals surface area contributed by atoms with Crippen molar-refractivity contribution in [2.45, 2.75) is 18.7 Å². The van der Waals surface area contributed by atoms with Crippen LogP contribution in [0.3, 0.4) is 0 Å². The van der Waals surface area contributed by atoms with Gasteiger partial charge in [-0.15, -0.1) is 0 Å². The van der Waals surface area contributed by atoms with E-state index in [2.05, 4.69) is 21.2 Å². The van der Waals surface area contributed by atoms with Crippen LogP contribution in [0, 0.1) is 0 Å². The highest BCUT2D eigenvalue weighted by molar-refractivity contribution is 9.10. The summed E-state index contributed by atoms with van der Waals surface area (Å²) in [6.07, 6.45) is 0. The third kappa shape index (κ3) is 3.02. The van der Waals surface area contributed by atoms with Gasteiger partial charge in [0.05, 0.1) is 4.83 Å². The number of carbonyl (C=O) groups excluding carboxylic acids is 1. The summed E-state index contributed by atoms with van der Waals surface area (Å²) in [6, 6.07) is 0. The van der Waals surface area contributed by atoms with E-state index in [1.165, 1.54) is 0 Å². The second kappa shape index (κ2) is 3.89. The first-order valence-electron chi connectivity index (χ1n) is 2.60. The lowest BCUT2D eigenvalue weighted by Gasteiger charge is -2.00. The molecular formula is C5H10BrNO. The minimum atomic E-state index is -0.0672. The summed E-state index contributed by atoms with van der Waals surface area (Å²) in [5, 5.41) is 2.66. The van der Waals surface area contributed by atoms with Crippen molar-refractivity contribution in [1.29, 1.82) is 0 Å². The fraction of sp³-hybridized carbons (Fsp3) is 0.800. The third-order valence-corrected chi connectivity index (χ3v) is 1.13. The maximum atomic E-state index is 10.6. The van der Waals surface area contributed by atoms with Gasteiger partial charge in [-0.1, -0.05) is 15.9 Å². The fourth-order valence-electron chi connectivity index (χ4n) is 0.315. The summed E-state index contributed by atoms with van der Waals surface area (Å²) in [4.78, 5) is 10.5. The van der Waals surface area contributed by atoms with Gasteiger partial charge in [-0.25, -0.2) is 0 Å². The SMILES string of the molecule is CCNC(=O)C(C)Br. The highest BCUT2D eigenvalue weighted by Crippen LogP contribution is 1.94. The number of carbonyl (C=O) groups is 1. The van der Waals surface area contributed by atoms with Crippen LogP contribution in [0.25, 0.3) is 0 Å². The Kier molecular flexibility index (Phi) is 3.87. The molecule has 0 aromatic carbocycles. The molecular weight excluding hydrogens is 170 g/mol. The standard InChI is InChI=1S/C5H10BrNO/c1-3-7-5(8)4(2)6/h4H,3H2,1-2H3,(H,7,8). The molecule has 0 radical (unpaired) electrons. The molecule has 2 nitrogen and oxygen atoms in total. The lowest BCUT2D eigenvalue weighted by molar-refractivity contribution is -0.120. The zero-order chi connectivity index (χ0) is 6.57. The molecule has 1 unspecified atom stereocenters. The van der Waals surface area contributed by atoms with Crippen LogP contribution in [-0.4, -0.2) is 17.3 Å². The van der Waals surface area contributed by atoms with Gasteiger partial charge in [-0.2, -0.15) is 0 Å². The van der Waals surface area contributed by atoms with E-state index in [9.17, 15) is 4.79 Å². The molecule has 1 N–H and O–H groups in total. The molecule has 0 saturated heterocycles. The van der Waals surface area contributed by atoms with Crippen LogP contribution in [-0.2, 0) is 4.79 Å². The van der Waals surface area contributed by atoms with E-state index < -0.39 is 0 Å². The molecule has 48 valence electrons. The predicted octanol–water partition coefficient (Wildman–Crippen LogP) is 0.906. The average molecular weight is 180 g/mol. The molecule has 0 bridgehead atoms. The van der Waals surface area contributed by atoms with E-state index in [4.69, 9.17) is 0 Å². The molecule has 0 aliphatic carbocycles. The van der Waals surface area contributed by atoms with Crippen molar-refractivity contribution in [3.05, 3.63) is 0 Å². The minimum absolute atomic E-state index is 0.0486. The molecule has 1 atom stereocenters. The molecule has 0 aromatic heterocycles. The molecule has 0 fully saturated rings. The zero-order valence-corrected chi connectivity index (χ0v) is 6.66. The van der Waals surface area contributed by atoms with E-state index in [0.29, 0.717) is 6.54 Å². The lowest BCUT2D eigenvalue weighted by atomic mass is 10.4. The van der Waals surface area contributed by atoms with Crippen molar-refractivity contribution in [2.75, 3.05) is 6.54 Å². The number of hydrogen-bond donors (Lipinski definition) is 1. The predicted molar refractivity (Wildman–Crippen MR) is 37.1 cm³/mol. The first kappa shape index (κ1) is 7.95. The van der Waals surface area contributed by atoms with Crippen molar-refractivity contribution in [3.8, 4) is 0 Å². The molecule has 0 spiro atoms. The first-order chi connectivity index (χ1) is 3.68. The van der Waals surface area contributed by atoms with E-state index in [1.807, 2.05) is 6.92 Å². The number of nitrogens with one attached hydrogen (secondary N) is 1. The maximum absolute atomic E-state index is 10.6. The number of rotatable bonds is 2. The number of hydrogen-bond acceptors (Lipinski definition) is 1. The number of amides is 1. The molecule has 0 heterocycles. The van der Waals surface area contributed by atoms with Gasteiger partial charge < -0.3 is 5.32 Å². The van der Waals surface area contributed by atoms with Crippen LogP contribution in [0.4, 0.5) is 0 Å². The van der Waals surface area contributed by atoms with Gasteiger partial charge in [0.1, 0.15) is 0 Å². The van der Waals surface area contributed by atoms with Gasteiger partial charge in [-0.3, -0.25) is 4.79 Å². The van der Waals surface area contributed by atoms with Gasteiger partial charge in [0.25, 0.3) is 0 Å². The van der Waals surface area contributed by atoms with Gasteiger partial charge in [0, 0.05) is 6.54 Å². The second-order valence-corrected chi connectivity index (χ2v) is 2.88. The van der Waals surface area contributed by atoms with Gasteiger partial charge in [-0.05, 0) is 13.8 Å². The highest BCUT2D eigenvalue weighted by atomic mass is 79.9. The molecule has 0 rings (SSSR count). The molecule has 8 heavy (non-hydrogen) atoms. The highest BCUT2D eigenvalue weighted by Gasteiger charge is 2.04. The summed E-state index contributed by atoms with van der Waals surface area (Å²) in [6.45, 7) is 4.40. The summed E-state index contributed by atoms with van der Waals surface area (Å²) in [5.41, 5.74) is 0. The van der Waals surface area contributed by atoms with E-state index in [0.717, 1.165) is 0 Å². The smallest absolute Gasteiger partial charge is 0.233 e. The molecule has 0 aliphatic heterocycles. The molecule has 0 aliphatic rings. The van der Waals surface area contributed by atoms with Crippen molar-refractivity contribution >= 4 is 21.8 Å². The van der Waals surface area contributed by atoms with Crippen molar-refractivity contribution < 1.29 is 4.79 Å². The van der Waals surface area contributed by atoms with E-state index >= 15 is 0 Å². The van der Waals surface area contributed by atoms with Gasteiger partial charge in [0.15, 0.2) is 0 Å². The zero-order valence-electron chi connectivity index (χ0n) is 5.07. The topological polar surface area (TPSA) is 29.1 Å². The second-order valence-electron chi connectivity index (χ2n) is 1.51. The van der Waals surface area contributed by atoms with Gasteiger partial charge >= 0.3 is 0 Å². The third-order valence-electron chi connectivity index (χ3n) is 0.712. The van der Waals surface area contributed by atoms with Crippen LogP contribution >= 0.6 is 15.9 Å². The lowest BCUT2D eigenvalue weighted by Crippen LogP contribution is -2.28. The van der Waals surface area contributed by atoms with E-state index in [-0.39, 0.29) is 10.7 Å². The first-order valence-corrected chi connectivity index (χ1v) is 3.51. The number of alkyl halides is 1. The van der Waals surface area contributed by atoms with Crippen molar-refractivity contribution in [3.63, 3.8) is 0 Å². The van der Waals surface area contributed by atoms with Crippen LogP contribution in [0.1, 0.15) is 13.8 Å². The van der Waals surface area contributed by atoms with Crippen LogP contribution in [0.5, 0.6) is 0 Å². The largest absolute Gasteiger partial charge is 0.355 e. The van der Waals surface area contributed by atoms with Crippen LogP contribution in [0.2, 0.25) is 0 Å². The Labute approximate surface area is 57.8 Å². The molecule has 0 aromatic rings. The minimum Gasteiger partial charge on any atom is -0.355 e. The summed E-state index contributed by atoms with van der Waals surface area (Å²) in [7, 11) is 0. The Balaban J connectivity index is 3.33. The Morgan fingerprint density at radius 3 is 2.50 bits per heavy atom. The van der Waals surface area contributed by atoms with Crippen LogP contribution in [0.15, 0.2) is 0 Å². The van der Waals surface area contributed by atoms with Crippen LogP contribution < -0.4 is 5.32 Å². The average Bonchev–Trinajstić information content (AvgIpc) is 1.67. The molecule has 0 saturated carbocycles. The Bertz CT molecular complexity index is 82.5. The molecule has 3 heteroatoms. The molecule has 1 amide bonds. The Morgan fingerprint density at radius 1 is 1.88 bits per heavy atom. The summed E-state index contributed by atoms with van der Waals surface area (Å²) < 4.78 is 0. The van der Waals surface area contributed by atoms with E-state index in [1.54, 1.807) is 6.92 Å². The summed E-state index contributed by atoms with van der Waals surface area (Å²) in [5.74, 6) is 0.0486. The van der Waals surface area contributed by atoms with Crippen molar-refractivity contribution in [1.82, 2.24) is 5.32 Å². The maximum Gasteiger partial charge on any atom is 0.233 e. The number of halogens is 1. The summed E-state index contributed by atoms with van der Waals surface area (Å²) >= 11 is 3.13. The van der Waals surface area contributed by atoms with Crippen molar-refractivity contribution in [2.24, 2.45) is 0 Å². The normalized spacial score (nSPS) is 12.9.